The molecule has 1 aliphatic carbocycles. The zero-order valence-electron chi connectivity index (χ0n) is 11.5. The number of pyridine rings is 1. The van der Waals surface area contributed by atoms with E-state index < -0.39 is 24.3 Å². The van der Waals surface area contributed by atoms with Gasteiger partial charge in [0, 0.05) is 28.5 Å². The fourth-order valence-electron chi connectivity index (χ4n) is 2.50. The monoisotopic (exact) mass is 327 g/mol. The third-order valence-corrected chi connectivity index (χ3v) is 4.28. The molecule has 0 bridgehead atoms. The normalized spacial score (nSPS) is 19.0. The minimum absolute atomic E-state index is 0.115. The maximum Gasteiger partial charge on any atom is 0.281 e. The topological polar surface area (TPSA) is 42.4 Å². The Morgan fingerprint density at radius 2 is 2.14 bits per heavy atom. The number of hydrogen-bond acceptors (Lipinski definition) is 4. The van der Waals surface area contributed by atoms with Gasteiger partial charge in [0.1, 0.15) is 23.4 Å². The van der Waals surface area contributed by atoms with Gasteiger partial charge in [-0.2, -0.15) is 0 Å². The maximum absolute atomic E-state index is 13.8. The van der Waals surface area contributed by atoms with E-state index in [-0.39, 0.29) is 22.6 Å². The van der Waals surface area contributed by atoms with Gasteiger partial charge in [0.05, 0.1) is 12.4 Å². The van der Waals surface area contributed by atoms with Crippen LogP contribution in [0, 0.1) is 5.82 Å². The van der Waals surface area contributed by atoms with Gasteiger partial charge >= 0.3 is 0 Å². The lowest BCUT2D eigenvalue weighted by atomic mass is 10.1. The molecule has 0 radical (unpaired) electrons. The number of benzene rings is 1. The largest absolute Gasteiger partial charge is 0.455 e. The number of thioether (sulfide) groups is 1. The summed E-state index contributed by atoms with van der Waals surface area (Å²) < 4.78 is 46.3. The Kier molecular flexibility index (Phi) is 3.78. The zero-order chi connectivity index (χ0) is 15.9. The number of rotatable bonds is 3. The molecule has 116 valence electrons. The molecule has 2 aromatic rings. The molecule has 22 heavy (non-hydrogen) atoms. The van der Waals surface area contributed by atoms with E-state index in [1.807, 2.05) is 0 Å². The molecule has 1 aromatic carbocycles. The molecule has 1 aliphatic rings. The van der Waals surface area contributed by atoms with Crippen LogP contribution in [0.4, 0.5) is 13.2 Å². The Labute approximate surface area is 129 Å². The summed E-state index contributed by atoms with van der Waals surface area (Å²) in [5, 5.41) is 9.86. The average molecular weight is 327 g/mol. The highest BCUT2D eigenvalue weighted by Crippen LogP contribution is 2.50. The highest BCUT2D eigenvalue weighted by molar-refractivity contribution is 7.98. The molecule has 0 spiro atoms. The molecule has 1 unspecified atom stereocenters. The van der Waals surface area contributed by atoms with Crippen molar-refractivity contribution in [3.8, 4) is 11.5 Å². The Morgan fingerprint density at radius 1 is 1.36 bits per heavy atom. The third kappa shape index (κ3) is 2.55. The molecule has 0 saturated heterocycles. The van der Waals surface area contributed by atoms with Crippen LogP contribution in [-0.4, -0.2) is 22.3 Å². The van der Waals surface area contributed by atoms with E-state index in [0.29, 0.717) is 4.90 Å². The Morgan fingerprint density at radius 3 is 2.82 bits per heavy atom. The fourth-order valence-corrected chi connectivity index (χ4v) is 3.16. The molecule has 0 amide bonds. The van der Waals surface area contributed by atoms with E-state index in [1.165, 1.54) is 18.0 Å². The van der Waals surface area contributed by atoms with Crippen LogP contribution in [0.3, 0.4) is 0 Å². The molecule has 0 aliphatic heterocycles. The van der Waals surface area contributed by atoms with Crippen LogP contribution in [0.15, 0.2) is 35.5 Å². The predicted octanol–water partition coefficient (Wildman–Crippen LogP) is 3.96. The summed E-state index contributed by atoms with van der Waals surface area (Å²) in [5.74, 6) is -3.53. The highest BCUT2D eigenvalue weighted by Gasteiger charge is 2.49. The minimum Gasteiger partial charge on any atom is -0.455 e. The molecule has 1 heterocycles. The molecule has 0 saturated carbocycles. The zero-order valence-corrected chi connectivity index (χ0v) is 12.3. The van der Waals surface area contributed by atoms with Gasteiger partial charge in [-0.15, -0.1) is 11.8 Å². The predicted molar refractivity (Wildman–Crippen MR) is 76.1 cm³/mol. The van der Waals surface area contributed by atoms with Gasteiger partial charge in [-0.05, 0) is 18.4 Å². The van der Waals surface area contributed by atoms with Crippen LogP contribution in [0.2, 0.25) is 0 Å². The van der Waals surface area contributed by atoms with Crippen molar-refractivity contribution in [2.24, 2.45) is 0 Å². The minimum atomic E-state index is -3.24. The number of ether oxygens (including phenoxy) is 1. The van der Waals surface area contributed by atoms with Crippen molar-refractivity contribution < 1.29 is 23.0 Å². The Balaban J connectivity index is 2.05. The van der Waals surface area contributed by atoms with E-state index in [9.17, 15) is 18.3 Å². The standard InChI is InChI=1S/C15H12F3NO2S/c1-22-12-3-2-11(21-9-4-8(16)6-19-7-9)10-5-15(17,18)14(20)13(10)12/h2-4,6-7,14,20H,5H2,1H3. The molecular weight excluding hydrogens is 315 g/mol. The summed E-state index contributed by atoms with van der Waals surface area (Å²) >= 11 is 1.27. The summed E-state index contributed by atoms with van der Waals surface area (Å²) in [6.45, 7) is 0. The third-order valence-electron chi connectivity index (χ3n) is 3.49. The summed E-state index contributed by atoms with van der Waals surface area (Å²) in [6, 6.07) is 4.27. The van der Waals surface area contributed by atoms with Crippen LogP contribution in [0.25, 0.3) is 0 Å². The lowest BCUT2D eigenvalue weighted by Gasteiger charge is -2.15. The SMILES string of the molecule is CSc1ccc(Oc2cncc(F)c2)c2c1C(O)C(F)(F)C2. The van der Waals surface area contributed by atoms with E-state index in [4.69, 9.17) is 4.74 Å². The van der Waals surface area contributed by atoms with Gasteiger partial charge in [0.15, 0.2) is 0 Å². The summed E-state index contributed by atoms with van der Waals surface area (Å²) in [4.78, 5) is 4.22. The van der Waals surface area contributed by atoms with Crippen molar-refractivity contribution in [1.29, 1.82) is 0 Å². The number of alkyl halides is 2. The molecular formula is C15H12F3NO2S. The number of aliphatic hydroxyl groups excluding tert-OH is 1. The second-order valence-corrected chi connectivity index (χ2v) is 5.79. The van der Waals surface area contributed by atoms with E-state index >= 15 is 0 Å². The molecule has 7 heteroatoms. The number of fused-ring (bicyclic) bond motifs is 1. The van der Waals surface area contributed by atoms with Gasteiger partial charge in [0.2, 0.25) is 0 Å². The van der Waals surface area contributed by atoms with Gasteiger partial charge in [-0.3, -0.25) is 4.98 Å². The van der Waals surface area contributed by atoms with Crippen molar-refractivity contribution >= 4 is 11.8 Å². The van der Waals surface area contributed by atoms with Crippen molar-refractivity contribution in [1.82, 2.24) is 4.98 Å². The number of hydrogen-bond donors (Lipinski definition) is 1. The molecule has 3 nitrogen and oxygen atoms in total. The summed E-state index contributed by atoms with van der Waals surface area (Å²) in [5.41, 5.74) is 0.424. The Bertz CT molecular complexity index is 724. The van der Waals surface area contributed by atoms with Crippen LogP contribution in [-0.2, 0) is 6.42 Å². The molecule has 1 aromatic heterocycles. The molecule has 1 atom stereocenters. The lowest BCUT2D eigenvalue weighted by molar-refractivity contribution is -0.0976. The van der Waals surface area contributed by atoms with Crippen LogP contribution in [0.5, 0.6) is 11.5 Å². The first-order chi connectivity index (χ1) is 10.4. The van der Waals surface area contributed by atoms with Crippen LogP contribution < -0.4 is 4.74 Å². The lowest BCUT2D eigenvalue weighted by Crippen LogP contribution is -2.21. The fraction of sp³-hybridized carbons (Fsp3) is 0.267. The van der Waals surface area contributed by atoms with Crippen molar-refractivity contribution in [3.05, 3.63) is 47.5 Å². The Hall–Kier alpha value is -1.73. The van der Waals surface area contributed by atoms with Gasteiger partial charge in [-0.1, -0.05) is 0 Å². The first kappa shape index (κ1) is 15.2. The van der Waals surface area contributed by atoms with Crippen LogP contribution >= 0.6 is 11.8 Å². The molecule has 1 N–H and O–H groups in total. The van der Waals surface area contributed by atoms with Gasteiger partial charge < -0.3 is 9.84 Å². The van der Waals surface area contributed by atoms with Crippen molar-refractivity contribution in [2.45, 2.75) is 23.3 Å². The van der Waals surface area contributed by atoms with E-state index in [1.54, 1.807) is 18.4 Å². The number of nitrogens with zero attached hydrogens (tertiary/aromatic N) is 1. The van der Waals surface area contributed by atoms with E-state index in [0.717, 1.165) is 12.3 Å². The van der Waals surface area contributed by atoms with Gasteiger partial charge in [0.25, 0.3) is 5.92 Å². The molecule has 3 rings (SSSR count). The number of aliphatic hydroxyl groups is 1. The average Bonchev–Trinajstić information content (AvgIpc) is 2.71. The van der Waals surface area contributed by atoms with Crippen LogP contribution in [0.1, 0.15) is 17.2 Å². The smallest absolute Gasteiger partial charge is 0.281 e. The maximum atomic E-state index is 13.8. The summed E-state index contributed by atoms with van der Waals surface area (Å²) in [6.07, 6.45) is 1.58. The second-order valence-electron chi connectivity index (χ2n) is 4.94. The van der Waals surface area contributed by atoms with Crippen molar-refractivity contribution in [2.75, 3.05) is 6.26 Å². The molecule has 0 fully saturated rings. The second kappa shape index (κ2) is 5.48. The number of aromatic nitrogens is 1. The van der Waals surface area contributed by atoms with Crippen molar-refractivity contribution in [3.63, 3.8) is 0 Å². The quantitative estimate of drug-likeness (QED) is 0.867. The van der Waals surface area contributed by atoms with E-state index in [2.05, 4.69) is 4.98 Å². The summed E-state index contributed by atoms with van der Waals surface area (Å²) in [7, 11) is 0. The highest BCUT2D eigenvalue weighted by atomic mass is 32.2. The number of halogens is 3. The first-order valence-corrected chi connectivity index (χ1v) is 7.69. The first-order valence-electron chi connectivity index (χ1n) is 6.46. The van der Waals surface area contributed by atoms with Gasteiger partial charge in [-0.25, -0.2) is 13.2 Å².